The summed E-state index contributed by atoms with van der Waals surface area (Å²) in [7, 11) is 0. The third kappa shape index (κ3) is 6.34. The molecule has 0 spiro atoms. The van der Waals surface area contributed by atoms with Crippen LogP contribution < -0.4 is 0 Å². The van der Waals surface area contributed by atoms with Gasteiger partial charge in [0.2, 0.25) is 0 Å². The molecule has 9 nitrogen and oxygen atoms in total. The number of rotatable bonds is 5. The maximum atomic E-state index is 12.4. The first-order chi connectivity index (χ1) is 18.1. The number of ether oxygens (including phenoxy) is 1. The zero-order valence-corrected chi connectivity index (χ0v) is 22.8. The van der Waals surface area contributed by atoms with Crippen molar-refractivity contribution in [1.82, 2.24) is 34.7 Å². The molecule has 0 atom stereocenters. The van der Waals surface area contributed by atoms with E-state index in [1.165, 1.54) is 5.56 Å². The molecule has 0 radical (unpaired) electrons. The summed E-state index contributed by atoms with van der Waals surface area (Å²) in [5.74, 6) is 1.63. The van der Waals surface area contributed by atoms with Crippen LogP contribution in [0.1, 0.15) is 49.4 Å². The van der Waals surface area contributed by atoms with Gasteiger partial charge in [-0.05, 0) is 70.5 Å². The number of H-pyrrole nitrogens is 1. The highest BCUT2D eigenvalue weighted by atomic mass is 16.6. The van der Waals surface area contributed by atoms with E-state index >= 15 is 0 Å². The minimum absolute atomic E-state index is 0.232. The topological polar surface area (TPSA) is 100 Å². The minimum Gasteiger partial charge on any atom is -0.444 e. The van der Waals surface area contributed by atoms with E-state index in [1.54, 1.807) is 11.1 Å². The number of aromatic nitrogens is 5. The second kappa shape index (κ2) is 10.5. The smallest absolute Gasteiger partial charge is 0.410 e. The van der Waals surface area contributed by atoms with Gasteiger partial charge >= 0.3 is 6.09 Å². The summed E-state index contributed by atoms with van der Waals surface area (Å²) in [6.45, 7) is 13.4. The molecule has 1 fully saturated rings. The SMILES string of the molecule is Cc1cc(CN2CCN(C(=O)OC(C)(C)C)CC2)cc(Cc2nc3ccc(-c4ccnc(C)n4)cc3[nH]2)n1. The summed E-state index contributed by atoms with van der Waals surface area (Å²) in [6, 6.07) is 12.4. The summed E-state index contributed by atoms with van der Waals surface area (Å²) >= 11 is 0. The van der Waals surface area contributed by atoms with Crippen molar-refractivity contribution in [3.8, 4) is 11.3 Å². The highest BCUT2D eigenvalue weighted by Crippen LogP contribution is 2.23. The van der Waals surface area contributed by atoms with Crippen LogP contribution in [-0.2, 0) is 17.7 Å². The molecule has 198 valence electrons. The van der Waals surface area contributed by atoms with Crippen molar-refractivity contribution >= 4 is 17.1 Å². The van der Waals surface area contributed by atoms with Gasteiger partial charge in [0.05, 0.1) is 16.7 Å². The molecule has 0 unspecified atom stereocenters. The van der Waals surface area contributed by atoms with Crippen molar-refractivity contribution in [1.29, 1.82) is 0 Å². The number of carbonyl (C=O) groups excluding carboxylic acids is 1. The van der Waals surface area contributed by atoms with Crippen LogP contribution in [0, 0.1) is 13.8 Å². The standard InChI is InChI=1S/C29H35N7O2/c1-19-14-21(18-35-10-12-36(13-11-35)28(37)38-29(3,4)5)15-23(31-19)17-27-33-25-7-6-22(16-26(25)34-27)24-8-9-30-20(2)32-24/h6-9,14-16H,10-13,17-18H2,1-5H3,(H,33,34). The number of amides is 1. The monoisotopic (exact) mass is 513 g/mol. The molecule has 38 heavy (non-hydrogen) atoms. The molecule has 0 saturated carbocycles. The Morgan fingerprint density at radius 2 is 1.79 bits per heavy atom. The predicted octanol–water partition coefficient (Wildman–Crippen LogP) is 4.68. The van der Waals surface area contributed by atoms with E-state index in [0.717, 1.165) is 65.0 Å². The molecular weight excluding hydrogens is 478 g/mol. The molecule has 0 bridgehead atoms. The lowest BCUT2D eigenvalue weighted by Crippen LogP contribution is -2.49. The van der Waals surface area contributed by atoms with Gasteiger partial charge in [0, 0.05) is 62.3 Å². The molecule has 1 saturated heterocycles. The number of hydrogen-bond acceptors (Lipinski definition) is 7. The largest absolute Gasteiger partial charge is 0.444 e. The molecule has 4 aromatic rings. The number of pyridine rings is 1. The summed E-state index contributed by atoms with van der Waals surface area (Å²) in [5, 5.41) is 0. The second-order valence-corrected chi connectivity index (χ2v) is 10.9. The molecule has 3 aromatic heterocycles. The lowest BCUT2D eigenvalue weighted by atomic mass is 10.1. The van der Waals surface area contributed by atoms with Gasteiger partial charge in [-0.25, -0.2) is 19.7 Å². The summed E-state index contributed by atoms with van der Waals surface area (Å²) in [5.41, 5.74) is 6.54. The molecule has 1 aromatic carbocycles. The van der Waals surface area contributed by atoms with Crippen molar-refractivity contribution in [3.05, 3.63) is 71.2 Å². The number of hydrogen-bond donors (Lipinski definition) is 1. The van der Waals surface area contributed by atoms with Gasteiger partial charge in [0.15, 0.2) is 0 Å². The lowest BCUT2D eigenvalue weighted by molar-refractivity contribution is 0.0139. The molecule has 4 heterocycles. The number of nitrogens with zero attached hydrogens (tertiary/aromatic N) is 6. The summed E-state index contributed by atoms with van der Waals surface area (Å²) < 4.78 is 5.52. The van der Waals surface area contributed by atoms with Crippen LogP contribution in [0.5, 0.6) is 0 Å². The Morgan fingerprint density at radius 1 is 1.00 bits per heavy atom. The second-order valence-electron chi connectivity index (χ2n) is 10.9. The van der Waals surface area contributed by atoms with Crippen molar-refractivity contribution in [3.63, 3.8) is 0 Å². The van der Waals surface area contributed by atoms with Gasteiger partial charge in [-0.1, -0.05) is 6.07 Å². The zero-order chi connectivity index (χ0) is 26.9. The van der Waals surface area contributed by atoms with Crippen LogP contribution in [0.2, 0.25) is 0 Å². The molecule has 1 aliphatic rings. The first-order valence-electron chi connectivity index (χ1n) is 13.1. The number of fused-ring (bicyclic) bond motifs is 1. The first-order valence-corrected chi connectivity index (χ1v) is 13.1. The Labute approximate surface area is 223 Å². The molecule has 0 aliphatic carbocycles. The van der Waals surface area contributed by atoms with Gasteiger partial charge in [0.1, 0.15) is 17.2 Å². The van der Waals surface area contributed by atoms with Crippen LogP contribution in [0.25, 0.3) is 22.3 Å². The number of benzene rings is 1. The van der Waals surface area contributed by atoms with Gasteiger partial charge in [0.25, 0.3) is 0 Å². The number of aryl methyl sites for hydroxylation is 2. The van der Waals surface area contributed by atoms with Gasteiger partial charge in [-0.15, -0.1) is 0 Å². The van der Waals surface area contributed by atoms with Crippen LogP contribution in [0.3, 0.4) is 0 Å². The average molecular weight is 514 g/mol. The van der Waals surface area contributed by atoms with E-state index in [4.69, 9.17) is 14.7 Å². The van der Waals surface area contributed by atoms with Gasteiger partial charge in [-0.3, -0.25) is 9.88 Å². The fraction of sp³-hybridized carbons (Fsp3) is 0.414. The van der Waals surface area contributed by atoms with E-state index < -0.39 is 5.60 Å². The fourth-order valence-corrected chi connectivity index (χ4v) is 4.76. The molecular formula is C29H35N7O2. The van der Waals surface area contributed by atoms with Crippen molar-refractivity contribution in [2.75, 3.05) is 26.2 Å². The summed E-state index contributed by atoms with van der Waals surface area (Å²) in [4.78, 5) is 38.3. The first kappa shape index (κ1) is 25.8. The van der Waals surface area contributed by atoms with Crippen LogP contribution >= 0.6 is 0 Å². The number of carbonyl (C=O) groups is 1. The molecule has 5 rings (SSSR count). The van der Waals surface area contributed by atoms with Gasteiger partial charge < -0.3 is 14.6 Å². The maximum absolute atomic E-state index is 12.4. The predicted molar refractivity (Wildman–Crippen MR) is 147 cm³/mol. The third-order valence-corrected chi connectivity index (χ3v) is 6.45. The molecule has 1 N–H and O–H groups in total. The van der Waals surface area contributed by atoms with E-state index in [1.807, 2.05) is 52.8 Å². The minimum atomic E-state index is -0.475. The van der Waals surface area contributed by atoms with Crippen LogP contribution in [0.4, 0.5) is 4.79 Å². The lowest BCUT2D eigenvalue weighted by Gasteiger charge is -2.35. The van der Waals surface area contributed by atoms with E-state index in [-0.39, 0.29) is 6.09 Å². The Balaban J connectivity index is 1.24. The van der Waals surface area contributed by atoms with E-state index in [2.05, 4.69) is 38.1 Å². The Hall–Kier alpha value is -3.85. The fourth-order valence-electron chi connectivity index (χ4n) is 4.76. The molecule has 9 heteroatoms. The molecule has 1 amide bonds. The number of imidazole rings is 1. The Bertz CT molecular complexity index is 1450. The number of aromatic amines is 1. The van der Waals surface area contributed by atoms with Gasteiger partial charge in [-0.2, -0.15) is 0 Å². The molecule has 1 aliphatic heterocycles. The zero-order valence-electron chi connectivity index (χ0n) is 22.8. The van der Waals surface area contributed by atoms with Crippen molar-refractivity contribution in [2.24, 2.45) is 0 Å². The van der Waals surface area contributed by atoms with E-state index in [0.29, 0.717) is 19.5 Å². The number of nitrogens with one attached hydrogen (secondary N) is 1. The van der Waals surface area contributed by atoms with Crippen molar-refractivity contribution in [2.45, 2.75) is 53.2 Å². The quantitative estimate of drug-likeness (QED) is 0.414. The maximum Gasteiger partial charge on any atom is 0.410 e. The Morgan fingerprint density at radius 3 is 2.53 bits per heavy atom. The Kier molecular flexibility index (Phi) is 7.12. The normalized spacial score (nSPS) is 14.7. The third-order valence-electron chi connectivity index (χ3n) is 6.45. The highest BCUT2D eigenvalue weighted by Gasteiger charge is 2.26. The van der Waals surface area contributed by atoms with Crippen molar-refractivity contribution < 1.29 is 9.53 Å². The highest BCUT2D eigenvalue weighted by molar-refractivity contribution is 5.81. The van der Waals surface area contributed by atoms with E-state index in [9.17, 15) is 4.79 Å². The van der Waals surface area contributed by atoms with Crippen LogP contribution in [0.15, 0.2) is 42.6 Å². The van der Waals surface area contributed by atoms with Crippen LogP contribution in [-0.4, -0.2) is 72.6 Å². The number of piperazine rings is 1. The summed E-state index contributed by atoms with van der Waals surface area (Å²) in [6.07, 6.45) is 2.17. The average Bonchev–Trinajstić information content (AvgIpc) is 3.24.